The molecule has 2 amide bonds. The third kappa shape index (κ3) is 4.66. The first-order chi connectivity index (χ1) is 17.7. The van der Waals surface area contributed by atoms with Gasteiger partial charge in [-0.1, -0.05) is 52.2 Å². The van der Waals surface area contributed by atoms with Crippen molar-refractivity contribution in [3.05, 3.63) is 25.3 Å². The van der Waals surface area contributed by atoms with Gasteiger partial charge in [-0.25, -0.2) is 0 Å². The van der Waals surface area contributed by atoms with E-state index >= 15 is 0 Å². The Bertz CT molecular complexity index is 903. The van der Waals surface area contributed by atoms with Crippen molar-refractivity contribution in [2.24, 2.45) is 23.7 Å². The fourth-order valence-corrected chi connectivity index (χ4v) is 9.82. The molecular weight excluding hydrogens is 488 g/mol. The number of esters is 1. The van der Waals surface area contributed by atoms with Crippen LogP contribution in [0.1, 0.15) is 65.7 Å². The molecule has 0 aromatic carbocycles. The van der Waals surface area contributed by atoms with Crippen LogP contribution in [-0.2, 0) is 19.1 Å². The van der Waals surface area contributed by atoms with Crippen LogP contribution in [0.15, 0.2) is 25.3 Å². The van der Waals surface area contributed by atoms with Crippen molar-refractivity contribution in [2.75, 3.05) is 19.8 Å². The number of aliphatic hydroxyl groups excluding tert-OH is 1. The number of likely N-dealkylation sites (tertiary alicyclic amines) is 1. The number of carbonyl (C=O) groups is 3. The normalized spacial score (nSPS) is 33.9. The van der Waals surface area contributed by atoms with Crippen LogP contribution in [-0.4, -0.2) is 80.6 Å². The molecule has 3 saturated heterocycles. The van der Waals surface area contributed by atoms with Gasteiger partial charge in [0, 0.05) is 17.8 Å². The second kappa shape index (κ2) is 11.5. The Labute approximate surface area is 226 Å². The summed E-state index contributed by atoms with van der Waals surface area (Å²) in [5.74, 6) is -1.75. The zero-order valence-electron chi connectivity index (χ0n) is 22.6. The van der Waals surface area contributed by atoms with Crippen LogP contribution in [0.3, 0.4) is 0 Å². The van der Waals surface area contributed by atoms with Crippen molar-refractivity contribution >= 4 is 29.5 Å². The molecule has 4 rings (SSSR count). The first-order valence-electron chi connectivity index (χ1n) is 14.0. The second-order valence-corrected chi connectivity index (χ2v) is 13.2. The summed E-state index contributed by atoms with van der Waals surface area (Å²) in [5.41, 5.74) is 0. The summed E-state index contributed by atoms with van der Waals surface area (Å²) in [6, 6.07) is -1.10. The van der Waals surface area contributed by atoms with Crippen LogP contribution in [0.2, 0.25) is 0 Å². The summed E-state index contributed by atoms with van der Waals surface area (Å²) in [4.78, 5) is 46.0. The lowest BCUT2D eigenvalue weighted by Gasteiger charge is -2.44. The Morgan fingerprint density at radius 2 is 1.95 bits per heavy atom. The molecule has 37 heavy (non-hydrogen) atoms. The van der Waals surface area contributed by atoms with E-state index in [9.17, 15) is 19.5 Å². The molecule has 1 spiro atoms. The number of fused-ring (bicyclic) bond motifs is 1. The van der Waals surface area contributed by atoms with E-state index in [0.29, 0.717) is 13.0 Å². The van der Waals surface area contributed by atoms with E-state index in [0.717, 1.165) is 32.1 Å². The van der Waals surface area contributed by atoms with Gasteiger partial charge in [-0.2, -0.15) is 0 Å². The molecule has 0 aromatic heterocycles. The maximum absolute atomic E-state index is 14.7. The number of amides is 2. The minimum Gasteiger partial charge on any atom is -0.465 e. The van der Waals surface area contributed by atoms with Gasteiger partial charge >= 0.3 is 5.97 Å². The van der Waals surface area contributed by atoms with Crippen LogP contribution in [0, 0.1) is 23.7 Å². The molecule has 206 valence electrons. The minimum atomic E-state index is -0.720. The largest absolute Gasteiger partial charge is 0.465 e. The fourth-order valence-electron chi connectivity index (χ4n) is 7.43. The molecular formula is C29H44N2O5S. The predicted octanol–water partition coefficient (Wildman–Crippen LogP) is 3.81. The SMILES string of the molecule is C=CCCOC(=O)[C@@H]1[C@H]2C(=O)N([C@@H](CO)C(C)C)C(C(=O)N(CC=C)C3CCCCC3)C23S[C@@H]1CC3C. The van der Waals surface area contributed by atoms with Crippen molar-refractivity contribution < 1.29 is 24.2 Å². The summed E-state index contributed by atoms with van der Waals surface area (Å²) >= 11 is 1.66. The number of ether oxygens (including phenoxy) is 1. The predicted molar refractivity (Wildman–Crippen MR) is 146 cm³/mol. The van der Waals surface area contributed by atoms with Gasteiger partial charge in [0.2, 0.25) is 11.8 Å². The van der Waals surface area contributed by atoms with Gasteiger partial charge in [0.1, 0.15) is 6.04 Å². The Balaban J connectivity index is 1.78. The maximum atomic E-state index is 14.7. The van der Waals surface area contributed by atoms with Crippen molar-refractivity contribution in [2.45, 2.75) is 93.8 Å². The van der Waals surface area contributed by atoms with E-state index in [1.54, 1.807) is 28.8 Å². The van der Waals surface area contributed by atoms with Gasteiger partial charge in [0.15, 0.2) is 0 Å². The highest BCUT2D eigenvalue weighted by Crippen LogP contribution is 2.69. The zero-order valence-corrected chi connectivity index (χ0v) is 23.5. The summed E-state index contributed by atoms with van der Waals surface area (Å²) < 4.78 is 4.89. The van der Waals surface area contributed by atoms with E-state index in [-0.39, 0.29) is 54.1 Å². The molecule has 3 unspecified atom stereocenters. The van der Waals surface area contributed by atoms with Crippen molar-refractivity contribution in [3.8, 4) is 0 Å². The lowest BCUT2D eigenvalue weighted by Crippen LogP contribution is -2.61. The summed E-state index contributed by atoms with van der Waals surface area (Å²) in [6.07, 6.45) is 10.1. The quantitative estimate of drug-likeness (QED) is 0.247. The number of carbonyl (C=O) groups excluding carboxylic acids is 3. The van der Waals surface area contributed by atoms with E-state index in [2.05, 4.69) is 20.1 Å². The summed E-state index contributed by atoms with van der Waals surface area (Å²) in [7, 11) is 0. The van der Waals surface area contributed by atoms with Crippen molar-refractivity contribution in [1.29, 1.82) is 0 Å². The Hall–Kier alpha value is -1.80. The third-order valence-corrected chi connectivity index (χ3v) is 11.3. The third-order valence-electron chi connectivity index (χ3n) is 9.19. The van der Waals surface area contributed by atoms with Crippen molar-refractivity contribution in [1.82, 2.24) is 9.80 Å². The Morgan fingerprint density at radius 1 is 1.24 bits per heavy atom. The lowest BCUT2D eigenvalue weighted by atomic mass is 9.66. The standard InChI is InChI=1S/C29H44N2O5S/c1-6-8-15-36-28(35)23-22-16-19(5)29(37-22)24(23)26(33)31(21(17-32)18(3)4)25(29)27(34)30(14-7-2)20-12-10-9-11-13-20/h6-7,18-25,32H,1-2,8-17H2,3-5H3/t19?,21-,22+,23-,24-,25?,29?/m0/s1. The zero-order chi connectivity index (χ0) is 26.9. The van der Waals surface area contributed by atoms with E-state index in [1.807, 2.05) is 18.7 Å². The maximum Gasteiger partial charge on any atom is 0.310 e. The molecule has 7 atom stereocenters. The number of thioether (sulfide) groups is 1. The van der Waals surface area contributed by atoms with Gasteiger partial charge in [-0.3, -0.25) is 14.4 Å². The number of hydrogen-bond acceptors (Lipinski definition) is 6. The number of aliphatic hydroxyl groups is 1. The topological polar surface area (TPSA) is 87.1 Å². The van der Waals surface area contributed by atoms with E-state index < -0.39 is 28.7 Å². The highest BCUT2D eigenvalue weighted by Gasteiger charge is 2.77. The average Bonchev–Trinajstić information content (AvgIpc) is 3.47. The number of rotatable bonds is 11. The van der Waals surface area contributed by atoms with E-state index in [4.69, 9.17) is 4.74 Å². The summed E-state index contributed by atoms with van der Waals surface area (Å²) in [6.45, 7) is 14.1. The van der Waals surface area contributed by atoms with Gasteiger partial charge in [-0.05, 0) is 37.5 Å². The highest BCUT2D eigenvalue weighted by molar-refractivity contribution is 8.02. The molecule has 2 bridgehead atoms. The van der Waals surface area contributed by atoms with Crippen LogP contribution >= 0.6 is 11.8 Å². The number of hydrogen-bond donors (Lipinski definition) is 1. The van der Waals surface area contributed by atoms with E-state index in [1.165, 1.54) is 6.42 Å². The molecule has 4 fully saturated rings. The summed E-state index contributed by atoms with van der Waals surface area (Å²) in [5, 5.41) is 10.4. The first-order valence-corrected chi connectivity index (χ1v) is 14.9. The molecule has 0 aromatic rings. The fraction of sp³-hybridized carbons (Fsp3) is 0.759. The van der Waals surface area contributed by atoms with Crippen LogP contribution < -0.4 is 0 Å². The molecule has 8 heteroatoms. The number of nitrogens with zero attached hydrogens (tertiary/aromatic N) is 2. The molecule has 3 aliphatic heterocycles. The molecule has 1 N–H and O–H groups in total. The van der Waals surface area contributed by atoms with Crippen LogP contribution in [0.4, 0.5) is 0 Å². The second-order valence-electron chi connectivity index (χ2n) is 11.6. The highest BCUT2D eigenvalue weighted by atomic mass is 32.2. The molecule has 4 aliphatic rings. The molecule has 1 saturated carbocycles. The molecule has 0 radical (unpaired) electrons. The first kappa shape index (κ1) is 28.2. The lowest BCUT2D eigenvalue weighted by molar-refractivity contribution is -0.155. The van der Waals surface area contributed by atoms with Gasteiger partial charge < -0.3 is 19.6 Å². The van der Waals surface area contributed by atoms with Crippen molar-refractivity contribution in [3.63, 3.8) is 0 Å². The Kier molecular flexibility index (Phi) is 8.79. The van der Waals surface area contributed by atoms with Crippen LogP contribution in [0.5, 0.6) is 0 Å². The smallest absolute Gasteiger partial charge is 0.310 e. The van der Waals surface area contributed by atoms with Gasteiger partial charge in [0.25, 0.3) is 0 Å². The molecule has 1 aliphatic carbocycles. The monoisotopic (exact) mass is 532 g/mol. The molecule has 3 heterocycles. The molecule has 7 nitrogen and oxygen atoms in total. The minimum absolute atomic E-state index is 0.0440. The van der Waals surface area contributed by atoms with Crippen LogP contribution in [0.25, 0.3) is 0 Å². The Morgan fingerprint density at radius 3 is 2.54 bits per heavy atom. The van der Waals surface area contributed by atoms with Gasteiger partial charge in [-0.15, -0.1) is 24.9 Å². The average molecular weight is 533 g/mol. The van der Waals surface area contributed by atoms with Gasteiger partial charge in [0.05, 0.1) is 35.8 Å².